The first-order valence-corrected chi connectivity index (χ1v) is 9.99. The van der Waals surface area contributed by atoms with Gasteiger partial charge in [0.15, 0.2) is 0 Å². The Morgan fingerprint density at radius 1 is 0.929 bits per heavy atom. The summed E-state index contributed by atoms with van der Waals surface area (Å²) in [6.07, 6.45) is 0.105. The van der Waals surface area contributed by atoms with Crippen LogP contribution in [0.5, 0.6) is 0 Å². The lowest BCUT2D eigenvalue weighted by atomic mass is 9.80. The van der Waals surface area contributed by atoms with Gasteiger partial charge in [0.1, 0.15) is 11.7 Å². The minimum absolute atomic E-state index is 0.331. The van der Waals surface area contributed by atoms with Crippen molar-refractivity contribution < 1.29 is 9.84 Å². The lowest BCUT2D eigenvalue weighted by Gasteiger charge is -2.39. The fraction of sp³-hybridized carbons (Fsp3) is 0.250. The number of benzene rings is 3. The molecule has 2 atom stereocenters. The van der Waals surface area contributed by atoms with Gasteiger partial charge in [0.2, 0.25) is 0 Å². The molecule has 3 nitrogen and oxygen atoms in total. The summed E-state index contributed by atoms with van der Waals surface area (Å²) < 4.78 is 6.00. The van der Waals surface area contributed by atoms with Crippen molar-refractivity contribution in [2.75, 3.05) is 19.7 Å². The molecule has 1 saturated heterocycles. The summed E-state index contributed by atoms with van der Waals surface area (Å²) in [5.74, 6) is 0. The zero-order valence-corrected chi connectivity index (χ0v) is 16.4. The molecular weight excluding hydrogens is 370 g/mol. The maximum absolute atomic E-state index is 11.9. The van der Waals surface area contributed by atoms with Crippen LogP contribution in [0.3, 0.4) is 0 Å². The quantitative estimate of drug-likeness (QED) is 0.674. The SMILES string of the molecule is O[C@](Cc1ccccc1-c1ccccc1Cl)(c1ccccc1)C1CNCCO1. The van der Waals surface area contributed by atoms with Gasteiger partial charge in [-0.05, 0) is 22.8 Å². The number of hydrogen-bond donors (Lipinski definition) is 2. The van der Waals surface area contributed by atoms with Crippen molar-refractivity contribution in [2.45, 2.75) is 18.1 Å². The van der Waals surface area contributed by atoms with Crippen LogP contribution < -0.4 is 5.32 Å². The molecular formula is C24H24ClNO2. The maximum Gasteiger partial charge on any atom is 0.121 e. The average Bonchev–Trinajstić information content (AvgIpc) is 2.76. The van der Waals surface area contributed by atoms with Gasteiger partial charge in [0.05, 0.1) is 6.61 Å². The first-order valence-electron chi connectivity index (χ1n) is 9.61. The van der Waals surface area contributed by atoms with E-state index in [-0.39, 0.29) is 6.10 Å². The van der Waals surface area contributed by atoms with E-state index in [1.165, 1.54) is 0 Å². The van der Waals surface area contributed by atoms with Crippen LogP contribution in [0.2, 0.25) is 5.02 Å². The Kier molecular flexibility index (Phi) is 5.79. The van der Waals surface area contributed by atoms with Gasteiger partial charge in [-0.3, -0.25) is 0 Å². The molecule has 1 aliphatic rings. The molecule has 0 spiro atoms. The van der Waals surface area contributed by atoms with Crippen molar-refractivity contribution >= 4 is 11.6 Å². The van der Waals surface area contributed by atoms with Crippen LogP contribution >= 0.6 is 11.6 Å². The molecule has 0 radical (unpaired) electrons. The minimum atomic E-state index is -1.15. The van der Waals surface area contributed by atoms with Crippen LogP contribution in [-0.4, -0.2) is 30.9 Å². The van der Waals surface area contributed by atoms with Gasteiger partial charge in [-0.2, -0.15) is 0 Å². The van der Waals surface area contributed by atoms with Crippen molar-refractivity contribution in [2.24, 2.45) is 0 Å². The zero-order valence-electron chi connectivity index (χ0n) is 15.6. The molecule has 1 aliphatic heterocycles. The van der Waals surface area contributed by atoms with Crippen molar-refractivity contribution in [3.05, 3.63) is 95.0 Å². The van der Waals surface area contributed by atoms with Gasteiger partial charge in [-0.15, -0.1) is 0 Å². The van der Waals surface area contributed by atoms with Gasteiger partial charge in [0.25, 0.3) is 0 Å². The Hall–Kier alpha value is -2.17. The summed E-state index contributed by atoms with van der Waals surface area (Å²) in [7, 11) is 0. The van der Waals surface area contributed by atoms with Crippen molar-refractivity contribution in [3.63, 3.8) is 0 Å². The Balaban J connectivity index is 1.77. The molecule has 1 heterocycles. The molecule has 2 N–H and O–H groups in total. The van der Waals surface area contributed by atoms with Crippen LogP contribution in [0, 0.1) is 0 Å². The van der Waals surface area contributed by atoms with E-state index in [9.17, 15) is 5.11 Å². The van der Waals surface area contributed by atoms with Crippen LogP contribution in [0.15, 0.2) is 78.9 Å². The van der Waals surface area contributed by atoms with Gasteiger partial charge >= 0.3 is 0 Å². The molecule has 1 unspecified atom stereocenters. The predicted octanol–water partition coefficient (Wildman–Crippen LogP) is 4.43. The van der Waals surface area contributed by atoms with Crippen LogP contribution in [0.25, 0.3) is 11.1 Å². The highest BCUT2D eigenvalue weighted by molar-refractivity contribution is 6.33. The lowest BCUT2D eigenvalue weighted by molar-refractivity contribution is -0.124. The monoisotopic (exact) mass is 393 g/mol. The van der Waals surface area contributed by atoms with Gasteiger partial charge in [0, 0.05) is 30.1 Å². The molecule has 3 aromatic rings. The number of halogens is 1. The topological polar surface area (TPSA) is 41.5 Å². The molecule has 0 bridgehead atoms. The number of morpholine rings is 1. The molecule has 0 aliphatic carbocycles. The maximum atomic E-state index is 11.9. The highest BCUT2D eigenvalue weighted by Gasteiger charge is 2.40. The fourth-order valence-corrected chi connectivity index (χ4v) is 4.15. The van der Waals surface area contributed by atoms with E-state index in [4.69, 9.17) is 16.3 Å². The summed E-state index contributed by atoms with van der Waals surface area (Å²) in [5.41, 5.74) is 2.75. The summed E-state index contributed by atoms with van der Waals surface area (Å²) in [6, 6.07) is 25.7. The third-order valence-electron chi connectivity index (χ3n) is 5.38. The highest BCUT2D eigenvalue weighted by atomic mass is 35.5. The van der Waals surface area contributed by atoms with Gasteiger partial charge in [-0.25, -0.2) is 0 Å². The first kappa shape index (κ1) is 19.2. The van der Waals surface area contributed by atoms with Crippen molar-refractivity contribution in [1.29, 1.82) is 0 Å². The molecule has 0 saturated carbocycles. The number of nitrogens with one attached hydrogen (secondary N) is 1. The summed E-state index contributed by atoms with van der Waals surface area (Å²) in [4.78, 5) is 0. The molecule has 144 valence electrons. The normalized spacial score (nSPS) is 19.1. The summed E-state index contributed by atoms with van der Waals surface area (Å²) in [6.45, 7) is 2.00. The molecule has 3 aromatic carbocycles. The first-order chi connectivity index (χ1) is 13.7. The number of aliphatic hydroxyl groups is 1. The Morgan fingerprint density at radius 2 is 1.61 bits per heavy atom. The molecule has 28 heavy (non-hydrogen) atoms. The molecule has 0 amide bonds. The van der Waals surface area contributed by atoms with Crippen LogP contribution in [-0.2, 0) is 16.8 Å². The van der Waals surface area contributed by atoms with E-state index in [0.29, 0.717) is 24.6 Å². The van der Waals surface area contributed by atoms with Crippen molar-refractivity contribution in [3.8, 4) is 11.1 Å². The smallest absolute Gasteiger partial charge is 0.121 e. The van der Waals surface area contributed by atoms with Crippen LogP contribution in [0.4, 0.5) is 0 Å². The van der Waals surface area contributed by atoms with E-state index in [1.54, 1.807) is 0 Å². The number of hydrogen-bond acceptors (Lipinski definition) is 3. The molecule has 4 rings (SSSR count). The Bertz CT molecular complexity index is 925. The molecule has 4 heteroatoms. The van der Waals surface area contributed by atoms with Crippen molar-refractivity contribution in [1.82, 2.24) is 5.32 Å². The second-order valence-corrected chi connectivity index (χ2v) is 7.57. The van der Waals surface area contributed by atoms with E-state index >= 15 is 0 Å². The fourth-order valence-electron chi connectivity index (χ4n) is 3.91. The Labute approximate surface area is 170 Å². The predicted molar refractivity (Wildman–Crippen MR) is 114 cm³/mol. The largest absolute Gasteiger partial charge is 0.382 e. The van der Waals surface area contributed by atoms with E-state index in [1.807, 2.05) is 66.7 Å². The van der Waals surface area contributed by atoms with E-state index < -0.39 is 5.60 Å². The number of ether oxygens (including phenoxy) is 1. The second-order valence-electron chi connectivity index (χ2n) is 7.17. The third kappa shape index (κ3) is 3.85. The summed E-state index contributed by atoms with van der Waals surface area (Å²) >= 11 is 6.47. The standard InChI is InChI=1S/C24H24ClNO2/c25-22-13-7-6-12-21(22)20-11-5-4-8-18(20)16-24(27,19-9-2-1-3-10-19)23-17-26-14-15-28-23/h1-13,23,26-27H,14-17H2/t23?,24-/m1/s1. The van der Waals surface area contributed by atoms with Gasteiger partial charge < -0.3 is 15.2 Å². The number of rotatable bonds is 5. The zero-order chi connectivity index (χ0) is 19.4. The average molecular weight is 394 g/mol. The Morgan fingerprint density at radius 3 is 2.32 bits per heavy atom. The van der Waals surface area contributed by atoms with Gasteiger partial charge in [-0.1, -0.05) is 84.4 Å². The summed E-state index contributed by atoms with van der Waals surface area (Å²) in [5, 5.41) is 16.0. The minimum Gasteiger partial charge on any atom is -0.382 e. The molecule has 0 aromatic heterocycles. The van der Waals surface area contributed by atoms with E-state index in [0.717, 1.165) is 28.8 Å². The lowest BCUT2D eigenvalue weighted by Crippen LogP contribution is -2.52. The van der Waals surface area contributed by atoms with E-state index in [2.05, 4.69) is 17.4 Å². The molecule has 1 fully saturated rings. The third-order valence-corrected chi connectivity index (χ3v) is 5.70. The van der Waals surface area contributed by atoms with Crippen LogP contribution in [0.1, 0.15) is 11.1 Å². The highest BCUT2D eigenvalue weighted by Crippen LogP contribution is 2.37. The second kappa shape index (κ2) is 8.46.